The average Bonchev–Trinajstić information content (AvgIpc) is 2.37. The van der Waals surface area contributed by atoms with E-state index in [9.17, 15) is 0 Å². The van der Waals surface area contributed by atoms with Crippen LogP contribution in [0, 0.1) is 6.92 Å². The fourth-order valence-corrected chi connectivity index (χ4v) is 2.71. The molecule has 0 aliphatic heterocycles. The molecular formula is C18H22Si. The first-order valence-electron chi connectivity index (χ1n) is 6.81. The summed E-state index contributed by atoms with van der Waals surface area (Å²) < 4.78 is 0. The van der Waals surface area contributed by atoms with Crippen molar-refractivity contribution in [1.82, 2.24) is 0 Å². The summed E-state index contributed by atoms with van der Waals surface area (Å²) in [6, 6.07) is 17.4. The van der Waals surface area contributed by atoms with Gasteiger partial charge in [0.15, 0.2) is 0 Å². The minimum atomic E-state index is -1.11. The van der Waals surface area contributed by atoms with E-state index in [0.29, 0.717) is 0 Å². The quantitative estimate of drug-likeness (QED) is 0.639. The van der Waals surface area contributed by atoms with E-state index < -0.39 is 8.07 Å². The highest BCUT2D eigenvalue weighted by Gasteiger charge is 2.06. The smallest absolute Gasteiger partial charge is 0.0687 e. The highest BCUT2D eigenvalue weighted by atomic mass is 28.3. The maximum absolute atomic E-state index is 2.38. The van der Waals surface area contributed by atoms with Gasteiger partial charge in [-0.15, -0.1) is 0 Å². The van der Waals surface area contributed by atoms with Crippen molar-refractivity contribution in [2.45, 2.75) is 26.6 Å². The molecule has 0 amide bonds. The van der Waals surface area contributed by atoms with Crippen molar-refractivity contribution in [3.63, 3.8) is 0 Å². The molecule has 0 aliphatic rings. The Kier molecular flexibility index (Phi) is 4.06. The van der Waals surface area contributed by atoms with E-state index in [4.69, 9.17) is 0 Å². The summed E-state index contributed by atoms with van der Waals surface area (Å²) >= 11 is 0. The molecule has 0 atom stereocenters. The molecule has 0 nitrogen and oxygen atoms in total. The minimum Gasteiger partial charge on any atom is -0.0944 e. The molecule has 0 fully saturated rings. The normalized spacial score (nSPS) is 12.0. The van der Waals surface area contributed by atoms with Gasteiger partial charge in [-0.1, -0.05) is 79.9 Å². The molecule has 19 heavy (non-hydrogen) atoms. The van der Waals surface area contributed by atoms with Gasteiger partial charge >= 0.3 is 0 Å². The lowest BCUT2D eigenvalue weighted by molar-refractivity contribution is 1.46. The van der Waals surface area contributed by atoms with E-state index >= 15 is 0 Å². The lowest BCUT2D eigenvalue weighted by Crippen LogP contribution is -2.15. The third kappa shape index (κ3) is 3.93. The monoisotopic (exact) mass is 266 g/mol. The number of aryl methyl sites for hydroxylation is 1. The molecule has 2 rings (SSSR count). The minimum absolute atomic E-state index is 1.11. The van der Waals surface area contributed by atoms with Crippen LogP contribution in [0.2, 0.25) is 19.6 Å². The average molecular weight is 266 g/mol. The second-order valence-corrected chi connectivity index (χ2v) is 11.2. The van der Waals surface area contributed by atoms with Crippen LogP contribution in [0.3, 0.4) is 0 Å². The number of hydrogen-bond donors (Lipinski definition) is 0. The first kappa shape index (κ1) is 13.8. The van der Waals surface area contributed by atoms with Gasteiger partial charge in [0, 0.05) is 0 Å². The summed E-state index contributed by atoms with van der Waals surface area (Å²) in [7, 11) is -1.11. The molecule has 0 unspecified atom stereocenters. The topological polar surface area (TPSA) is 0 Å². The van der Waals surface area contributed by atoms with Gasteiger partial charge in [-0.05, 0) is 29.2 Å². The summed E-state index contributed by atoms with van der Waals surface area (Å²) in [5.41, 5.74) is 7.62. The second kappa shape index (κ2) is 5.58. The predicted molar refractivity (Wildman–Crippen MR) is 89.0 cm³/mol. The second-order valence-electron chi connectivity index (χ2n) is 6.14. The molecule has 0 aromatic heterocycles. The van der Waals surface area contributed by atoms with Crippen LogP contribution < -0.4 is 0 Å². The van der Waals surface area contributed by atoms with Crippen LogP contribution in [0.4, 0.5) is 0 Å². The number of rotatable bonds is 3. The molecule has 0 heterocycles. The van der Waals surface area contributed by atoms with Gasteiger partial charge in [0.25, 0.3) is 0 Å². The van der Waals surface area contributed by atoms with Gasteiger partial charge < -0.3 is 0 Å². The molecule has 0 N–H and O–H groups in total. The standard InChI is InChI=1S/C18H22Si/c1-15-7-5-6-8-18(15)17-11-9-16(10-12-17)13-14-19(2,3)4/h5-14H,1-4H3/b14-13+. The molecule has 0 bridgehead atoms. The fourth-order valence-electron chi connectivity index (χ4n) is 2.02. The zero-order valence-corrected chi connectivity index (χ0v) is 13.3. The van der Waals surface area contributed by atoms with Gasteiger partial charge in [-0.2, -0.15) is 0 Å². The highest BCUT2D eigenvalue weighted by molar-refractivity contribution is 6.81. The Morgan fingerprint density at radius 1 is 0.842 bits per heavy atom. The molecule has 98 valence electrons. The van der Waals surface area contributed by atoms with Crippen LogP contribution in [-0.4, -0.2) is 8.07 Å². The summed E-state index contributed by atoms with van der Waals surface area (Å²) in [6.07, 6.45) is 2.26. The summed E-state index contributed by atoms with van der Waals surface area (Å²) in [5.74, 6) is 0. The number of hydrogen-bond acceptors (Lipinski definition) is 0. The lowest BCUT2D eigenvalue weighted by atomic mass is 10.00. The molecule has 0 aliphatic carbocycles. The Balaban J connectivity index is 2.25. The van der Waals surface area contributed by atoms with Crippen LogP contribution in [0.25, 0.3) is 17.2 Å². The van der Waals surface area contributed by atoms with E-state index in [1.54, 1.807) is 0 Å². The van der Waals surface area contributed by atoms with Crippen LogP contribution in [-0.2, 0) is 0 Å². The van der Waals surface area contributed by atoms with Crippen molar-refractivity contribution in [2.24, 2.45) is 0 Å². The highest BCUT2D eigenvalue weighted by Crippen LogP contribution is 2.23. The van der Waals surface area contributed by atoms with Crippen molar-refractivity contribution in [2.75, 3.05) is 0 Å². The SMILES string of the molecule is Cc1ccccc1-c1ccc(/C=C/[Si](C)(C)C)cc1. The van der Waals surface area contributed by atoms with Gasteiger partial charge in [0.05, 0.1) is 8.07 Å². The van der Waals surface area contributed by atoms with E-state index in [1.807, 2.05) is 0 Å². The third-order valence-corrected chi connectivity index (χ3v) is 4.31. The maximum atomic E-state index is 2.38. The van der Waals surface area contributed by atoms with Crippen LogP contribution in [0.1, 0.15) is 11.1 Å². The molecule has 0 saturated heterocycles. The van der Waals surface area contributed by atoms with Gasteiger partial charge in [-0.3, -0.25) is 0 Å². The summed E-state index contributed by atoms with van der Waals surface area (Å²) in [4.78, 5) is 0. The van der Waals surface area contributed by atoms with Gasteiger partial charge in [-0.25, -0.2) is 0 Å². The molecule has 0 saturated carbocycles. The molecule has 0 spiro atoms. The van der Waals surface area contributed by atoms with Crippen LogP contribution in [0.15, 0.2) is 54.2 Å². The molecule has 0 radical (unpaired) electrons. The van der Waals surface area contributed by atoms with E-state index in [0.717, 1.165) is 0 Å². The van der Waals surface area contributed by atoms with Crippen molar-refractivity contribution in [1.29, 1.82) is 0 Å². The summed E-state index contributed by atoms with van der Waals surface area (Å²) in [6.45, 7) is 9.22. The first-order valence-corrected chi connectivity index (χ1v) is 10.4. The predicted octanol–water partition coefficient (Wildman–Crippen LogP) is 5.55. The van der Waals surface area contributed by atoms with E-state index in [1.165, 1.54) is 22.3 Å². The Morgan fingerprint density at radius 3 is 2.05 bits per heavy atom. The van der Waals surface area contributed by atoms with Crippen molar-refractivity contribution < 1.29 is 0 Å². The maximum Gasteiger partial charge on any atom is 0.0687 e. The van der Waals surface area contributed by atoms with Gasteiger partial charge in [0.2, 0.25) is 0 Å². The Morgan fingerprint density at radius 2 is 1.47 bits per heavy atom. The molecule has 2 aromatic carbocycles. The zero-order chi connectivity index (χ0) is 13.9. The largest absolute Gasteiger partial charge is 0.0944 e. The fraction of sp³-hybridized carbons (Fsp3) is 0.222. The molecule has 1 heteroatoms. The summed E-state index contributed by atoms with van der Waals surface area (Å²) in [5, 5.41) is 0. The third-order valence-electron chi connectivity index (χ3n) is 3.14. The van der Waals surface area contributed by atoms with Crippen molar-refractivity contribution in [3.05, 3.63) is 65.4 Å². The zero-order valence-electron chi connectivity index (χ0n) is 12.3. The van der Waals surface area contributed by atoms with Crippen molar-refractivity contribution >= 4 is 14.1 Å². The van der Waals surface area contributed by atoms with Gasteiger partial charge in [0.1, 0.15) is 0 Å². The number of benzene rings is 2. The first-order chi connectivity index (χ1) is 8.96. The Labute approximate surface area is 117 Å². The van der Waals surface area contributed by atoms with Crippen LogP contribution >= 0.6 is 0 Å². The van der Waals surface area contributed by atoms with E-state index in [-0.39, 0.29) is 0 Å². The lowest BCUT2D eigenvalue weighted by Gasteiger charge is -2.09. The van der Waals surface area contributed by atoms with Crippen LogP contribution in [0.5, 0.6) is 0 Å². The Hall–Kier alpha value is -1.60. The molecular weight excluding hydrogens is 244 g/mol. The van der Waals surface area contributed by atoms with Crippen molar-refractivity contribution in [3.8, 4) is 11.1 Å². The van der Waals surface area contributed by atoms with E-state index in [2.05, 4.69) is 86.9 Å². The Bertz CT molecular complexity index is 571. The molecule has 2 aromatic rings.